The summed E-state index contributed by atoms with van der Waals surface area (Å²) in [6, 6.07) is 7.98. The summed E-state index contributed by atoms with van der Waals surface area (Å²) in [5.41, 5.74) is 2.20. The van der Waals surface area contributed by atoms with Crippen molar-refractivity contribution in [2.45, 2.75) is 45.3 Å². The van der Waals surface area contributed by atoms with Crippen molar-refractivity contribution in [1.29, 1.82) is 0 Å². The van der Waals surface area contributed by atoms with Crippen molar-refractivity contribution in [2.24, 2.45) is 23.2 Å². The van der Waals surface area contributed by atoms with E-state index in [9.17, 15) is 9.90 Å². The summed E-state index contributed by atoms with van der Waals surface area (Å²) in [5.74, 6) is -0.0609. The number of hydrogen-bond acceptors (Lipinski definition) is 5. The van der Waals surface area contributed by atoms with Crippen molar-refractivity contribution in [2.75, 3.05) is 37.6 Å². The molecule has 0 radical (unpaired) electrons. The minimum absolute atomic E-state index is 0.110. The third-order valence-electron chi connectivity index (χ3n) is 8.57. The van der Waals surface area contributed by atoms with Crippen LogP contribution in [-0.4, -0.2) is 60.9 Å². The highest BCUT2D eigenvalue weighted by Gasteiger charge is 2.59. The summed E-state index contributed by atoms with van der Waals surface area (Å²) < 4.78 is 5.83. The molecule has 1 aromatic rings. The van der Waals surface area contributed by atoms with Crippen LogP contribution >= 0.6 is 11.6 Å². The Morgan fingerprint density at radius 1 is 1.26 bits per heavy atom. The van der Waals surface area contributed by atoms with Crippen LogP contribution in [0.4, 0.5) is 5.69 Å². The maximum Gasteiger partial charge on any atom is 0.311 e. The monoisotopic (exact) mass is 444 g/mol. The first kappa shape index (κ1) is 21.3. The molecule has 5 rings (SSSR count). The van der Waals surface area contributed by atoms with Crippen LogP contribution in [0.5, 0.6) is 0 Å². The first-order valence-corrected chi connectivity index (χ1v) is 12.1. The zero-order chi connectivity index (χ0) is 21.8. The third kappa shape index (κ3) is 3.59. The normalized spacial score (nSPS) is 38.3. The number of halogens is 1. The molecule has 168 valence electrons. The summed E-state index contributed by atoms with van der Waals surface area (Å²) in [6.07, 6.45) is 4.52. The summed E-state index contributed by atoms with van der Waals surface area (Å²) in [4.78, 5) is 17.6. The molecule has 5 nitrogen and oxygen atoms in total. The second-order valence-electron chi connectivity index (χ2n) is 10.1. The second-order valence-corrected chi connectivity index (χ2v) is 10.5. The Kier molecular flexibility index (Phi) is 5.56. The number of carbonyl (C=O) groups excluding carboxylic acids is 1. The van der Waals surface area contributed by atoms with Gasteiger partial charge in [-0.3, -0.25) is 9.69 Å². The van der Waals surface area contributed by atoms with E-state index in [1.54, 1.807) is 0 Å². The third-order valence-corrected chi connectivity index (χ3v) is 8.81. The van der Waals surface area contributed by atoms with Crippen molar-refractivity contribution >= 4 is 23.3 Å². The Bertz CT molecular complexity index is 881. The fourth-order valence-electron chi connectivity index (χ4n) is 6.41. The number of allylic oxidation sites excluding steroid dienone is 1. The molecule has 0 spiro atoms. The van der Waals surface area contributed by atoms with E-state index in [2.05, 4.69) is 35.8 Å². The number of esters is 1. The Morgan fingerprint density at radius 2 is 2.03 bits per heavy atom. The molecule has 2 heterocycles. The van der Waals surface area contributed by atoms with E-state index in [0.29, 0.717) is 12.5 Å². The predicted octanol–water partition coefficient (Wildman–Crippen LogP) is 3.75. The molecule has 2 saturated heterocycles. The molecule has 0 amide bonds. The lowest BCUT2D eigenvalue weighted by atomic mass is 9.55. The van der Waals surface area contributed by atoms with Crippen LogP contribution in [0.25, 0.3) is 0 Å². The largest absolute Gasteiger partial charge is 0.461 e. The van der Waals surface area contributed by atoms with Crippen LogP contribution in [0.3, 0.4) is 0 Å². The molecule has 31 heavy (non-hydrogen) atoms. The molecule has 2 aliphatic carbocycles. The van der Waals surface area contributed by atoms with Gasteiger partial charge in [0.15, 0.2) is 0 Å². The molecular weight excluding hydrogens is 412 g/mol. The average Bonchev–Trinajstić information content (AvgIpc) is 3.06. The predicted molar refractivity (Wildman–Crippen MR) is 122 cm³/mol. The lowest BCUT2D eigenvalue weighted by molar-refractivity contribution is -0.145. The Morgan fingerprint density at radius 3 is 2.77 bits per heavy atom. The first-order chi connectivity index (χ1) is 14.9. The van der Waals surface area contributed by atoms with Gasteiger partial charge in [0.1, 0.15) is 6.10 Å². The molecule has 1 aromatic carbocycles. The molecule has 0 bridgehead atoms. The summed E-state index contributed by atoms with van der Waals surface area (Å²) in [6.45, 7) is 8.71. The Balaban J connectivity index is 1.28. The highest BCUT2D eigenvalue weighted by Crippen LogP contribution is 2.56. The highest BCUT2D eigenvalue weighted by atomic mass is 35.5. The van der Waals surface area contributed by atoms with Crippen molar-refractivity contribution in [3.05, 3.63) is 40.9 Å². The minimum Gasteiger partial charge on any atom is -0.461 e. The average molecular weight is 445 g/mol. The van der Waals surface area contributed by atoms with Crippen molar-refractivity contribution < 1.29 is 14.6 Å². The van der Waals surface area contributed by atoms with Gasteiger partial charge in [-0.15, -0.1) is 0 Å². The number of ether oxygens (including phenoxy) is 1. The lowest BCUT2D eigenvalue weighted by Gasteiger charge is -2.52. The number of benzene rings is 1. The van der Waals surface area contributed by atoms with E-state index in [1.165, 1.54) is 5.57 Å². The number of fused-ring (bicyclic) bond motifs is 2. The van der Waals surface area contributed by atoms with Crippen molar-refractivity contribution in [3.63, 3.8) is 0 Å². The number of nitrogens with zero attached hydrogens (tertiary/aromatic N) is 2. The molecule has 6 heteroatoms. The maximum absolute atomic E-state index is 12.9. The van der Waals surface area contributed by atoms with Gasteiger partial charge in [0.2, 0.25) is 0 Å². The number of aliphatic hydroxyl groups is 1. The van der Waals surface area contributed by atoms with E-state index in [0.717, 1.165) is 56.2 Å². The second kappa shape index (κ2) is 8.09. The van der Waals surface area contributed by atoms with Crippen LogP contribution in [-0.2, 0) is 9.53 Å². The molecule has 1 saturated carbocycles. The van der Waals surface area contributed by atoms with Crippen LogP contribution in [0.15, 0.2) is 35.9 Å². The lowest BCUT2D eigenvalue weighted by Crippen LogP contribution is -2.55. The van der Waals surface area contributed by atoms with Crippen molar-refractivity contribution in [3.8, 4) is 0 Å². The van der Waals surface area contributed by atoms with Gasteiger partial charge in [0.25, 0.3) is 0 Å². The first-order valence-electron chi connectivity index (χ1n) is 11.7. The molecule has 0 unspecified atom stereocenters. The Labute approximate surface area is 190 Å². The smallest absolute Gasteiger partial charge is 0.311 e. The fourth-order valence-corrected chi connectivity index (χ4v) is 6.60. The van der Waals surface area contributed by atoms with Crippen LogP contribution in [0, 0.1) is 23.2 Å². The molecule has 2 aliphatic heterocycles. The number of piperazine rings is 1. The van der Waals surface area contributed by atoms with Gasteiger partial charge in [-0.25, -0.2) is 0 Å². The van der Waals surface area contributed by atoms with Gasteiger partial charge in [0.05, 0.1) is 12.0 Å². The molecule has 3 fully saturated rings. The number of rotatable bonds is 3. The zero-order valence-corrected chi connectivity index (χ0v) is 19.2. The van der Waals surface area contributed by atoms with E-state index >= 15 is 0 Å². The highest BCUT2D eigenvalue weighted by molar-refractivity contribution is 6.30. The molecule has 6 atom stereocenters. The van der Waals surface area contributed by atoms with Crippen LogP contribution < -0.4 is 4.90 Å². The number of hydrogen-bond donors (Lipinski definition) is 1. The van der Waals surface area contributed by atoms with E-state index < -0.39 is 6.10 Å². The molecule has 1 N–H and O–H groups in total. The van der Waals surface area contributed by atoms with Gasteiger partial charge in [0, 0.05) is 61.2 Å². The topological polar surface area (TPSA) is 53.0 Å². The summed E-state index contributed by atoms with van der Waals surface area (Å²) in [7, 11) is 0. The van der Waals surface area contributed by atoms with E-state index in [-0.39, 0.29) is 29.3 Å². The minimum atomic E-state index is -0.531. The standard InChI is InChI=1S/C25H33ClN2O3/c1-16-5-3-6-17-13-21-22(23(29)25(16,17)2)20(24(30)31-21)15-27-9-11-28(12-10-27)19-8-4-7-18(26)14-19/h4,6-8,14,16,20-23,29H,3,5,9-13,15H2,1-2H3/t16-,20-,21+,22+,23+,25+/m0/s1. The van der Waals surface area contributed by atoms with Gasteiger partial charge in [-0.1, -0.05) is 43.2 Å². The van der Waals surface area contributed by atoms with Gasteiger partial charge in [-0.2, -0.15) is 0 Å². The molecule has 4 aliphatic rings. The van der Waals surface area contributed by atoms with Gasteiger partial charge >= 0.3 is 5.97 Å². The number of anilines is 1. The fraction of sp³-hybridized carbons (Fsp3) is 0.640. The van der Waals surface area contributed by atoms with Crippen LogP contribution in [0.2, 0.25) is 5.02 Å². The summed E-state index contributed by atoms with van der Waals surface area (Å²) >= 11 is 6.15. The maximum atomic E-state index is 12.9. The summed E-state index contributed by atoms with van der Waals surface area (Å²) in [5, 5.41) is 12.3. The Hall–Kier alpha value is -1.56. The van der Waals surface area contributed by atoms with Crippen molar-refractivity contribution in [1.82, 2.24) is 4.90 Å². The SMILES string of the molecule is C[C@H]1CCC=C2C[C@H]3OC(=O)[C@@H](CN4CCN(c5cccc(Cl)c5)CC4)[C@H]3[C@@H](O)[C@@]21C. The van der Waals surface area contributed by atoms with E-state index in [1.807, 2.05) is 18.2 Å². The van der Waals surface area contributed by atoms with Gasteiger partial charge < -0.3 is 14.7 Å². The van der Waals surface area contributed by atoms with Crippen LogP contribution in [0.1, 0.15) is 33.1 Å². The molecular formula is C25H33ClN2O3. The molecule has 0 aromatic heterocycles. The van der Waals surface area contributed by atoms with E-state index in [4.69, 9.17) is 16.3 Å². The zero-order valence-electron chi connectivity index (χ0n) is 18.5. The quantitative estimate of drug-likeness (QED) is 0.568. The van der Waals surface area contributed by atoms with Gasteiger partial charge in [-0.05, 0) is 37.0 Å². The number of carbonyl (C=O) groups is 1. The number of aliphatic hydroxyl groups excluding tert-OH is 1.